The summed E-state index contributed by atoms with van der Waals surface area (Å²) >= 11 is 0. The molecule has 0 bridgehead atoms. The van der Waals surface area contributed by atoms with Gasteiger partial charge in [0.05, 0.1) is 5.69 Å². The molecule has 4 nitrogen and oxygen atoms in total. The molecular weight excluding hydrogens is 252 g/mol. The summed E-state index contributed by atoms with van der Waals surface area (Å²) in [7, 11) is 3.15. The van der Waals surface area contributed by atoms with Crippen molar-refractivity contribution in [1.29, 1.82) is 0 Å². The highest BCUT2D eigenvalue weighted by Gasteiger charge is 2.08. The van der Waals surface area contributed by atoms with Crippen LogP contribution in [0.2, 0.25) is 0 Å². The molecule has 100 valence electrons. The molecule has 1 aromatic heterocycles. The fourth-order valence-corrected chi connectivity index (χ4v) is 2.36. The van der Waals surface area contributed by atoms with Crippen LogP contribution in [0.4, 0.5) is 0 Å². The molecule has 20 heavy (non-hydrogen) atoms. The van der Waals surface area contributed by atoms with Gasteiger partial charge >= 0.3 is 5.69 Å². The SMILES string of the molecule is Cn1c(-c2ccc3ccccc3c2)cc(=O)n(C)c1=O. The van der Waals surface area contributed by atoms with Gasteiger partial charge in [0.25, 0.3) is 5.56 Å². The largest absolute Gasteiger partial charge is 0.330 e. The third kappa shape index (κ3) is 1.86. The number of nitrogens with zero attached hydrogens (tertiary/aromatic N) is 2. The molecule has 0 spiro atoms. The van der Waals surface area contributed by atoms with Crippen LogP contribution in [0.3, 0.4) is 0 Å². The summed E-state index contributed by atoms with van der Waals surface area (Å²) in [6.07, 6.45) is 0. The summed E-state index contributed by atoms with van der Waals surface area (Å²) in [5.41, 5.74) is 0.877. The Morgan fingerprint density at radius 1 is 0.800 bits per heavy atom. The van der Waals surface area contributed by atoms with Crippen molar-refractivity contribution in [2.24, 2.45) is 14.1 Å². The number of benzene rings is 2. The average molecular weight is 266 g/mol. The molecule has 0 unspecified atom stereocenters. The first-order chi connectivity index (χ1) is 9.58. The van der Waals surface area contributed by atoms with E-state index in [9.17, 15) is 9.59 Å². The zero-order valence-corrected chi connectivity index (χ0v) is 11.3. The quantitative estimate of drug-likeness (QED) is 0.675. The number of hydrogen-bond donors (Lipinski definition) is 0. The van der Waals surface area contributed by atoms with Crippen LogP contribution >= 0.6 is 0 Å². The standard InChI is InChI=1S/C16H14N2O2/c1-17-14(10-15(19)18(2)16(17)20)13-8-7-11-5-3-4-6-12(11)9-13/h3-10H,1-2H3. The van der Waals surface area contributed by atoms with E-state index in [1.807, 2.05) is 42.5 Å². The highest BCUT2D eigenvalue weighted by Crippen LogP contribution is 2.22. The van der Waals surface area contributed by atoms with Gasteiger partial charge in [0.15, 0.2) is 0 Å². The molecule has 2 aromatic carbocycles. The third-order valence-electron chi connectivity index (χ3n) is 3.57. The van der Waals surface area contributed by atoms with E-state index >= 15 is 0 Å². The molecule has 0 fully saturated rings. The predicted molar refractivity (Wildman–Crippen MR) is 79.9 cm³/mol. The summed E-state index contributed by atoms with van der Waals surface area (Å²) in [5, 5.41) is 2.21. The van der Waals surface area contributed by atoms with E-state index in [-0.39, 0.29) is 11.2 Å². The van der Waals surface area contributed by atoms with Gasteiger partial charge < -0.3 is 0 Å². The van der Waals surface area contributed by atoms with Gasteiger partial charge in [0, 0.05) is 20.2 Å². The molecule has 0 aliphatic rings. The predicted octanol–water partition coefficient (Wildman–Crippen LogP) is 1.90. The van der Waals surface area contributed by atoms with Crippen molar-refractivity contribution in [2.45, 2.75) is 0 Å². The molecule has 4 heteroatoms. The van der Waals surface area contributed by atoms with E-state index in [1.165, 1.54) is 17.7 Å². The molecular formula is C16H14N2O2. The van der Waals surface area contributed by atoms with Gasteiger partial charge in [-0.05, 0) is 22.4 Å². The van der Waals surface area contributed by atoms with Crippen LogP contribution in [0, 0.1) is 0 Å². The van der Waals surface area contributed by atoms with Crippen molar-refractivity contribution in [2.75, 3.05) is 0 Å². The van der Waals surface area contributed by atoms with Gasteiger partial charge in [-0.15, -0.1) is 0 Å². The Morgan fingerprint density at radius 2 is 1.50 bits per heavy atom. The van der Waals surface area contributed by atoms with Crippen LogP contribution in [-0.2, 0) is 14.1 Å². The van der Waals surface area contributed by atoms with Crippen LogP contribution in [0.15, 0.2) is 58.1 Å². The van der Waals surface area contributed by atoms with E-state index in [4.69, 9.17) is 0 Å². The topological polar surface area (TPSA) is 44.0 Å². The molecule has 0 N–H and O–H groups in total. The molecule has 1 heterocycles. The van der Waals surface area contributed by atoms with E-state index < -0.39 is 0 Å². The van der Waals surface area contributed by atoms with Crippen molar-refractivity contribution in [3.63, 3.8) is 0 Å². The summed E-state index contributed by atoms with van der Waals surface area (Å²) in [6, 6.07) is 15.4. The van der Waals surface area contributed by atoms with Crippen LogP contribution in [-0.4, -0.2) is 9.13 Å². The molecule has 0 aliphatic carbocycles. The maximum atomic E-state index is 12.0. The highest BCUT2D eigenvalue weighted by molar-refractivity contribution is 5.86. The average Bonchev–Trinajstić information content (AvgIpc) is 2.48. The minimum Gasteiger partial charge on any atom is -0.296 e. The minimum atomic E-state index is -0.319. The van der Waals surface area contributed by atoms with Crippen molar-refractivity contribution < 1.29 is 0 Å². The lowest BCUT2D eigenvalue weighted by Gasteiger charge is -2.10. The van der Waals surface area contributed by atoms with Gasteiger partial charge in [-0.2, -0.15) is 0 Å². The van der Waals surface area contributed by atoms with Crippen molar-refractivity contribution in [3.8, 4) is 11.3 Å². The first kappa shape index (κ1) is 12.4. The monoisotopic (exact) mass is 266 g/mol. The lowest BCUT2D eigenvalue weighted by Crippen LogP contribution is -2.36. The van der Waals surface area contributed by atoms with Gasteiger partial charge in [-0.1, -0.05) is 36.4 Å². The zero-order valence-electron chi connectivity index (χ0n) is 11.3. The summed E-state index contributed by atoms with van der Waals surface area (Å²) < 4.78 is 2.59. The first-order valence-electron chi connectivity index (χ1n) is 6.34. The van der Waals surface area contributed by atoms with Crippen LogP contribution in [0.25, 0.3) is 22.0 Å². The van der Waals surface area contributed by atoms with Gasteiger partial charge in [0.2, 0.25) is 0 Å². The summed E-state index contributed by atoms with van der Waals surface area (Å²) in [4.78, 5) is 23.8. The van der Waals surface area contributed by atoms with E-state index in [1.54, 1.807) is 7.05 Å². The highest BCUT2D eigenvalue weighted by atomic mass is 16.2. The molecule has 3 rings (SSSR count). The molecule has 0 atom stereocenters. The Balaban J connectivity index is 2.31. The van der Waals surface area contributed by atoms with Gasteiger partial charge in [-0.25, -0.2) is 4.79 Å². The third-order valence-corrected chi connectivity index (χ3v) is 3.57. The van der Waals surface area contributed by atoms with Crippen LogP contribution in [0.1, 0.15) is 0 Å². The smallest absolute Gasteiger partial charge is 0.296 e. The van der Waals surface area contributed by atoms with Crippen LogP contribution in [0.5, 0.6) is 0 Å². The number of rotatable bonds is 1. The van der Waals surface area contributed by atoms with E-state index in [0.717, 1.165) is 20.9 Å². The number of aromatic nitrogens is 2. The molecule has 0 aliphatic heterocycles. The number of hydrogen-bond acceptors (Lipinski definition) is 2. The van der Waals surface area contributed by atoms with E-state index in [2.05, 4.69) is 0 Å². The van der Waals surface area contributed by atoms with Crippen molar-refractivity contribution >= 4 is 10.8 Å². The second-order valence-corrected chi connectivity index (χ2v) is 4.83. The molecule has 0 saturated heterocycles. The second kappa shape index (κ2) is 4.49. The summed E-state index contributed by atoms with van der Waals surface area (Å²) in [5.74, 6) is 0. The van der Waals surface area contributed by atoms with Gasteiger partial charge in [0.1, 0.15) is 0 Å². The lowest BCUT2D eigenvalue weighted by molar-refractivity contribution is 0.692. The molecule has 0 saturated carbocycles. The van der Waals surface area contributed by atoms with Crippen LogP contribution < -0.4 is 11.2 Å². The Morgan fingerprint density at radius 3 is 2.25 bits per heavy atom. The minimum absolute atomic E-state index is 0.295. The van der Waals surface area contributed by atoms with Crippen molar-refractivity contribution in [1.82, 2.24) is 9.13 Å². The molecule has 0 amide bonds. The maximum Gasteiger partial charge on any atom is 0.330 e. The fourth-order valence-electron chi connectivity index (χ4n) is 2.36. The number of fused-ring (bicyclic) bond motifs is 1. The van der Waals surface area contributed by atoms with Crippen molar-refractivity contribution in [3.05, 3.63) is 69.4 Å². The Hall–Kier alpha value is -2.62. The maximum absolute atomic E-state index is 12.0. The molecule has 3 aromatic rings. The molecule has 0 radical (unpaired) electrons. The Kier molecular flexibility index (Phi) is 2.79. The van der Waals surface area contributed by atoms with Gasteiger partial charge in [-0.3, -0.25) is 13.9 Å². The summed E-state index contributed by atoms with van der Waals surface area (Å²) in [6.45, 7) is 0. The lowest BCUT2D eigenvalue weighted by atomic mass is 10.0. The fraction of sp³-hybridized carbons (Fsp3) is 0.125. The Bertz CT molecular complexity index is 920. The van der Waals surface area contributed by atoms with E-state index in [0.29, 0.717) is 5.69 Å². The second-order valence-electron chi connectivity index (χ2n) is 4.83. The first-order valence-corrected chi connectivity index (χ1v) is 6.34. The Labute approximate surface area is 115 Å². The zero-order chi connectivity index (χ0) is 14.3. The normalized spacial score (nSPS) is 10.9.